The zero-order chi connectivity index (χ0) is 12.5. The second-order valence-corrected chi connectivity index (χ2v) is 3.80. The minimum Gasteiger partial charge on any atom is -0.497 e. The van der Waals surface area contributed by atoms with Crippen LogP contribution in [0.1, 0.15) is 24.5 Å². The van der Waals surface area contributed by atoms with Crippen LogP contribution in [-0.4, -0.2) is 25.3 Å². The highest BCUT2D eigenvalue weighted by Gasteiger charge is 2.06. The summed E-state index contributed by atoms with van der Waals surface area (Å²) in [6.07, 6.45) is 6.36. The molecule has 0 aliphatic carbocycles. The summed E-state index contributed by atoms with van der Waals surface area (Å²) in [5.74, 6) is 3.38. The Morgan fingerprint density at radius 1 is 1.41 bits per heavy atom. The van der Waals surface area contributed by atoms with Crippen LogP contribution in [0.4, 0.5) is 0 Å². The molecule has 0 amide bonds. The number of aliphatic hydroxyl groups is 1. The Morgan fingerprint density at radius 3 is 2.71 bits per heavy atom. The number of hydrogen-bond acceptors (Lipinski definition) is 3. The maximum absolute atomic E-state index is 9.90. The second-order valence-electron chi connectivity index (χ2n) is 3.80. The first-order valence-electron chi connectivity index (χ1n) is 5.74. The first kappa shape index (κ1) is 13.6. The molecular formula is C14H19NO2. The lowest BCUT2D eigenvalue weighted by Gasteiger charge is -2.12. The average Bonchev–Trinajstić information content (AvgIpc) is 2.38. The topological polar surface area (TPSA) is 41.5 Å². The van der Waals surface area contributed by atoms with Crippen LogP contribution < -0.4 is 10.1 Å². The van der Waals surface area contributed by atoms with E-state index in [1.165, 1.54) is 0 Å². The van der Waals surface area contributed by atoms with Gasteiger partial charge in [-0.3, -0.25) is 0 Å². The van der Waals surface area contributed by atoms with Gasteiger partial charge in [-0.15, -0.1) is 12.3 Å². The average molecular weight is 233 g/mol. The number of hydrogen-bond donors (Lipinski definition) is 2. The van der Waals surface area contributed by atoms with Gasteiger partial charge in [-0.05, 0) is 30.7 Å². The van der Waals surface area contributed by atoms with Crippen molar-refractivity contribution in [2.75, 3.05) is 20.2 Å². The van der Waals surface area contributed by atoms with Gasteiger partial charge in [0.15, 0.2) is 0 Å². The Bertz CT molecular complexity index is 353. The molecule has 3 heteroatoms. The molecule has 1 aromatic carbocycles. The fourth-order valence-corrected chi connectivity index (χ4v) is 1.50. The monoisotopic (exact) mass is 233 g/mol. The number of aliphatic hydroxyl groups excluding tert-OH is 1. The molecule has 1 aromatic rings. The van der Waals surface area contributed by atoms with Gasteiger partial charge in [0.1, 0.15) is 5.75 Å². The van der Waals surface area contributed by atoms with Crippen molar-refractivity contribution in [3.8, 4) is 18.1 Å². The molecule has 0 aromatic heterocycles. The van der Waals surface area contributed by atoms with Gasteiger partial charge in [0.05, 0.1) is 13.2 Å². The molecule has 92 valence electrons. The van der Waals surface area contributed by atoms with Gasteiger partial charge in [-0.25, -0.2) is 0 Å². The number of terminal acetylenes is 1. The highest BCUT2D eigenvalue weighted by atomic mass is 16.5. The fraction of sp³-hybridized carbons (Fsp3) is 0.429. The first-order chi connectivity index (χ1) is 8.27. The van der Waals surface area contributed by atoms with E-state index in [-0.39, 0.29) is 0 Å². The molecule has 1 atom stereocenters. The third kappa shape index (κ3) is 4.90. The van der Waals surface area contributed by atoms with Gasteiger partial charge in [-0.1, -0.05) is 12.1 Å². The zero-order valence-electron chi connectivity index (χ0n) is 10.1. The van der Waals surface area contributed by atoms with Gasteiger partial charge < -0.3 is 15.2 Å². The molecule has 0 spiro atoms. The quantitative estimate of drug-likeness (QED) is 0.556. The number of methoxy groups -OCH3 is 1. The first-order valence-corrected chi connectivity index (χ1v) is 5.74. The maximum Gasteiger partial charge on any atom is 0.118 e. The Balaban J connectivity index is 2.31. The molecule has 0 radical (unpaired) electrons. The van der Waals surface area contributed by atoms with E-state index >= 15 is 0 Å². The van der Waals surface area contributed by atoms with Crippen LogP contribution >= 0.6 is 0 Å². The summed E-state index contributed by atoms with van der Waals surface area (Å²) in [5, 5.41) is 13.1. The van der Waals surface area contributed by atoms with Crippen LogP contribution in [0.3, 0.4) is 0 Å². The second kappa shape index (κ2) is 7.72. The van der Waals surface area contributed by atoms with Crippen molar-refractivity contribution in [2.45, 2.75) is 18.9 Å². The Labute approximate surface area is 103 Å². The van der Waals surface area contributed by atoms with Crippen molar-refractivity contribution in [1.82, 2.24) is 5.32 Å². The van der Waals surface area contributed by atoms with E-state index in [4.69, 9.17) is 11.2 Å². The molecule has 3 nitrogen and oxygen atoms in total. The summed E-state index contributed by atoms with van der Waals surface area (Å²) in [6, 6.07) is 7.42. The van der Waals surface area contributed by atoms with Gasteiger partial charge in [-0.2, -0.15) is 0 Å². The summed E-state index contributed by atoms with van der Waals surface area (Å²) in [5.41, 5.74) is 0.884. The molecule has 2 N–H and O–H groups in total. The van der Waals surface area contributed by atoms with E-state index < -0.39 is 6.10 Å². The van der Waals surface area contributed by atoms with Crippen molar-refractivity contribution < 1.29 is 9.84 Å². The van der Waals surface area contributed by atoms with Crippen LogP contribution in [-0.2, 0) is 0 Å². The molecule has 0 saturated heterocycles. The van der Waals surface area contributed by atoms with E-state index in [1.54, 1.807) is 7.11 Å². The van der Waals surface area contributed by atoms with E-state index in [1.807, 2.05) is 24.3 Å². The smallest absolute Gasteiger partial charge is 0.118 e. The number of nitrogens with one attached hydrogen (secondary N) is 1. The summed E-state index contributed by atoms with van der Waals surface area (Å²) in [6.45, 7) is 1.37. The summed E-state index contributed by atoms with van der Waals surface area (Å²) >= 11 is 0. The predicted octanol–water partition coefficient (Wildman–Crippen LogP) is 1.73. The number of benzene rings is 1. The van der Waals surface area contributed by atoms with Crippen molar-refractivity contribution >= 4 is 0 Å². The predicted molar refractivity (Wildman–Crippen MR) is 68.9 cm³/mol. The number of ether oxygens (including phenoxy) is 1. The van der Waals surface area contributed by atoms with Crippen molar-refractivity contribution in [3.05, 3.63) is 29.8 Å². The van der Waals surface area contributed by atoms with Crippen LogP contribution in [0, 0.1) is 12.3 Å². The van der Waals surface area contributed by atoms with Gasteiger partial charge in [0, 0.05) is 13.0 Å². The summed E-state index contributed by atoms with van der Waals surface area (Å²) in [4.78, 5) is 0. The third-order valence-corrected chi connectivity index (χ3v) is 2.51. The highest BCUT2D eigenvalue weighted by molar-refractivity contribution is 5.28. The van der Waals surface area contributed by atoms with E-state index in [9.17, 15) is 5.11 Å². The van der Waals surface area contributed by atoms with Crippen molar-refractivity contribution in [3.63, 3.8) is 0 Å². The van der Waals surface area contributed by atoms with Crippen LogP contribution in [0.15, 0.2) is 24.3 Å². The van der Waals surface area contributed by atoms with Gasteiger partial charge in [0.25, 0.3) is 0 Å². The maximum atomic E-state index is 9.90. The highest BCUT2D eigenvalue weighted by Crippen LogP contribution is 2.16. The molecule has 0 saturated carbocycles. The van der Waals surface area contributed by atoms with Gasteiger partial charge in [0.2, 0.25) is 0 Å². The lowest BCUT2D eigenvalue weighted by Crippen LogP contribution is -2.22. The van der Waals surface area contributed by atoms with Crippen LogP contribution in [0.5, 0.6) is 5.75 Å². The number of unbranched alkanes of at least 4 members (excludes halogenated alkanes) is 1. The lowest BCUT2D eigenvalue weighted by molar-refractivity contribution is 0.175. The van der Waals surface area contributed by atoms with Crippen LogP contribution in [0.2, 0.25) is 0 Å². The minimum absolute atomic E-state index is 0.494. The Hall–Kier alpha value is -1.50. The largest absolute Gasteiger partial charge is 0.497 e. The SMILES string of the molecule is C#CCCCNCC(O)c1ccc(OC)cc1. The molecule has 0 heterocycles. The summed E-state index contributed by atoms with van der Waals surface area (Å²) < 4.78 is 5.06. The summed E-state index contributed by atoms with van der Waals surface area (Å²) in [7, 11) is 1.62. The molecule has 17 heavy (non-hydrogen) atoms. The van der Waals surface area contributed by atoms with E-state index in [2.05, 4.69) is 11.2 Å². The molecule has 0 fully saturated rings. The normalized spacial score (nSPS) is 11.8. The van der Waals surface area contributed by atoms with E-state index in [0.29, 0.717) is 6.54 Å². The molecule has 0 aliphatic rings. The van der Waals surface area contributed by atoms with Crippen molar-refractivity contribution in [2.24, 2.45) is 0 Å². The molecule has 0 bridgehead atoms. The molecule has 1 unspecified atom stereocenters. The number of rotatable bonds is 7. The van der Waals surface area contributed by atoms with Crippen molar-refractivity contribution in [1.29, 1.82) is 0 Å². The van der Waals surface area contributed by atoms with Crippen LogP contribution in [0.25, 0.3) is 0 Å². The standard InChI is InChI=1S/C14H19NO2/c1-3-4-5-10-15-11-14(16)12-6-8-13(17-2)9-7-12/h1,6-9,14-16H,4-5,10-11H2,2H3. The lowest BCUT2D eigenvalue weighted by atomic mass is 10.1. The van der Waals surface area contributed by atoms with E-state index in [0.717, 1.165) is 30.7 Å². The fourth-order valence-electron chi connectivity index (χ4n) is 1.50. The minimum atomic E-state index is -0.494. The Morgan fingerprint density at radius 2 is 2.12 bits per heavy atom. The molecule has 1 rings (SSSR count). The van der Waals surface area contributed by atoms with Gasteiger partial charge >= 0.3 is 0 Å². The molecular weight excluding hydrogens is 214 g/mol. The molecule has 0 aliphatic heterocycles. The zero-order valence-corrected chi connectivity index (χ0v) is 10.1. The third-order valence-electron chi connectivity index (χ3n) is 2.51. The Kier molecular flexibility index (Phi) is 6.16.